The first kappa shape index (κ1) is 18.2. The van der Waals surface area contributed by atoms with E-state index < -0.39 is 0 Å². The van der Waals surface area contributed by atoms with Crippen molar-refractivity contribution in [2.45, 2.75) is 6.92 Å². The molecule has 0 aliphatic rings. The molecule has 1 heterocycles. The summed E-state index contributed by atoms with van der Waals surface area (Å²) < 4.78 is 13.0. The van der Waals surface area contributed by atoms with Gasteiger partial charge in [0.25, 0.3) is 0 Å². The lowest BCUT2D eigenvalue weighted by Gasteiger charge is -2.13. The molecule has 2 aromatic carbocycles. The highest BCUT2D eigenvalue weighted by molar-refractivity contribution is 6.36. The van der Waals surface area contributed by atoms with Crippen LogP contribution in [-0.4, -0.2) is 34.3 Å². The number of rotatable bonds is 7. The molecule has 0 aliphatic heterocycles. The van der Waals surface area contributed by atoms with Gasteiger partial charge in [-0.3, -0.25) is 0 Å². The van der Waals surface area contributed by atoms with Crippen LogP contribution < -0.4 is 9.47 Å². The zero-order valence-corrected chi connectivity index (χ0v) is 15.5. The van der Waals surface area contributed by atoms with Crippen molar-refractivity contribution in [3.63, 3.8) is 0 Å². The van der Waals surface area contributed by atoms with E-state index in [1.54, 1.807) is 18.3 Å². The summed E-state index contributed by atoms with van der Waals surface area (Å²) in [7, 11) is 0. The van der Waals surface area contributed by atoms with Crippen molar-refractivity contribution < 1.29 is 9.47 Å². The van der Waals surface area contributed by atoms with Crippen molar-refractivity contribution >= 4 is 29.4 Å². The summed E-state index contributed by atoms with van der Waals surface area (Å²) in [5.74, 6) is 1.31. The maximum Gasteiger partial charge on any atom is 0.147 e. The number of para-hydroxylation sites is 1. The lowest BCUT2D eigenvalue weighted by molar-refractivity contribution is 0.216. The number of benzene rings is 2. The molecule has 0 unspecified atom stereocenters. The van der Waals surface area contributed by atoms with Crippen molar-refractivity contribution in [1.82, 2.24) is 14.9 Å². The van der Waals surface area contributed by atoms with Gasteiger partial charge in [0.05, 0.1) is 11.2 Å². The Hall–Kier alpha value is -2.57. The van der Waals surface area contributed by atoms with Crippen molar-refractivity contribution in [3.05, 3.63) is 70.2 Å². The third-order valence-electron chi connectivity index (χ3n) is 3.45. The van der Waals surface area contributed by atoms with Gasteiger partial charge in [0.15, 0.2) is 0 Å². The number of nitrogens with zero attached hydrogens (tertiary/aromatic N) is 4. The minimum Gasteiger partial charge on any atom is -0.490 e. The van der Waals surface area contributed by atoms with Crippen LogP contribution in [0.1, 0.15) is 11.1 Å². The average molecular weight is 391 g/mol. The molecule has 0 fully saturated rings. The lowest BCUT2D eigenvalue weighted by Crippen LogP contribution is -2.11. The predicted octanol–water partition coefficient (Wildman–Crippen LogP) is 4.23. The highest BCUT2D eigenvalue weighted by atomic mass is 35.5. The third-order valence-corrected chi connectivity index (χ3v) is 3.95. The number of halogens is 2. The van der Waals surface area contributed by atoms with E-state index in [0.717, 1.165) is 11.3 Å². The summed E-state index contributed by atoms with van der Waals surface area (Å²) in [5.41, 5.74) is 1.71. The maximum atomic E-state index is 6.27. The Bertz CT molecular complexity index is 898. The summed E-state index contributed by atoms with van der Waals surface area (Å²) in [4.78, 5) is 0. The van der Waals surface area contributed by atoms with Gasteiger partial charge < -0.3 is 9.47 Å². The Balaban J connectivity index is 1.67. The lowest BCUT2D eigenvalue weighted by atomic mass is 10.2. The van der Waals surface area contributed by atoms with E-state index >= 15 is 0 Å². The van der Waals surface area contributed by atoms with Gasteiger partial charge in [0.2, 0.25) is 0 Å². The predicted molar refractivity (Wildman–Crippen MR) is 102 cm³/mol. The molecule has 134 valence electrons. The molecule has 0 bridgehead atoms. The molecular weight excluding hydrogens is 375 g/mol. The zero-order chi connectivity index (χ0) is 18.4. The SMILES string of the molecule is Cc1ccccc1OCCOc1c(Cl)cc(Cl)cc1/C=N\n1cnnc1. The molecule has 3 rings (SSSR count). The van der Waals surface area contributed by atoms with E-state index in [4.69, 9.17) is 32.7 Å². The fourth-order valence-corrected chi connectivity index (χ4v) is 2.79. The van der Waals surface area contributed by atoms with Crippen LogP contribution in [0.5, 0.6) is 11.5 Å². The van der Waals surface area contributed by atoms with E-state index in [1.807, 2.05) is 31.2 Å². The second kappa shape index (κ2) is 8.69. The van der Waals surface area contributed by atoms with E-state index in [0.29, 0.717) is 34.6 Å². The highest BCUT2D eigenvalue weighted by Gasteiger charge is 2.10. The molecule has 0 radical (unpaired) electrons. The molecule has 0 saturated carbocycles. The quantitative estimate of drug-likeness (QED) is 0.447. The molecule has 0 amide bonds. The van der Waals surface area contributed by atoms with Gasteiger partial charge in [-0.25, -0.2) is 4.68 Å². The fourth-order valence-electron chi connectivity index (χ4n) is 2.23. The minimum absolute atomic E-state index is 0.323. The molecule has 0 aliphatic carbocycles. The molecule has 1 aromatic heterocycles. The first-order valence-corrected chi connectivity index (χ1v) is 8.58. The minimum atomic E-state index is 0.323. The fraction of sp³-hybridized carbons (Fsp3) is 0.167. The summed E-state index contributed by atoms with van der Waals surface area (Å²) in [6.45, 7) is 2.70. The number of aryl methyl sites for hydroxylation is 1. The first-order valence-electron chi connectivity index (χ1n) is 7.83. The number of hydrogen-bond acceptors (Lipinski definition) is 5. The molecule has 0 saturated heterocycles. The van der Waals surface area contributed by atoms with E-state index in [9.17, 15) is 0 Å². The second-order valence-electron chi connectivity index (χ2n) is 5.35. The van der Waals surface area contributed by atoms with E-state index in [2.05, 4.69) is 15.3 Å². The van der Waals surface area contributed by atoms with E-state index in [1.165, 1.54) is 17.3 Å². The van der Waals surface area contributed by atoms with Crippen molar-refractivity contribution in [2.75, 3.05) is 13.2 Å². The topological polar surface area (TPSA) is 61.5 Å². The van der Waals surface area contributed by atoms with Crippen molar-refractivity contribution in [2.24, 2.45) is 5.10 Å². The molecule has 26 heavy (non-hydrogen) atoms. The van der Waals surface area contributed by atoms with Crippen LogP contribution in [0.3, 0.4) is 0 Å². The Labute approximate surface area is 161 Å². The molecule has 3 aromatic rings. The summed E-state index contributed by atoms with van der Waals surface area (Å²) >= 11 is 12.4. The second-order valence-corrected chi connectivity index (χ2v) is 6.20. The maximum absolute atomic E-state index is 6.27. The Morgan fingerprint density at radius 3 is 2.58 bits per heavy atom. The third kappa shape index (κ3) is 4.74. The summed E-state index contributed by atoms with van der Waals surface area (Å²) in [6.07, 6.45) is 4.52. The number of ether oxygens (including phenoxy) is 2. The molecular formula is C18H16Cl2N4O2. The Morgan fingerprint density at radius 1 is 1.08 bits per heavy atom. The van der Waals surface area contributed by atoms with Gasteiger partial charge in [-0.1, -0.05) is 41.4 Å². The van der Waals surface area contributed by atoms with Gasteiger partial charge in [-0.2, -0.15) is 5.10 Å². The van der Waals surface area contributed by atoms with Crippen LogP contribution in [0.4, 0.5) is 0 Å². The summed E-state index contributed by atoms with van der Waals surface area (Å²) in [6, 6.07) is 11.1. The molecule has 8 heteroatoms. The normalized spacial score (nSPS) is 11.0. The van der Waals surface area contributed by atoms with Crippen molar-refractivity contribution in [1.29, 1.82) is 0 Å². The van der Waals surface area contributed by atoms with Gasteiger partial charge in [0, 0.05) is 10.6 Å². The van der Waals surface area contributed by atoms with E-state index in [-0.39, 0.29) is 0 Å². The van der Waals surface area contributed by atoms with Crippen LogP contribution in [0.15, 0.2) is 54.2 Å². The standard InChI is InChI=1S/C18H16Cl2N4O2/c1-13-4-2-3-5-17(13)25-6-7-26-18-14(8-15(19)9-16(18)20)10-23-24-11-21-22-12-24/h2-5,8-12H,6-7H2,1H3/b23-10-. The van der Waals surface area contributed by atoms with Gasteiger partial charge in [0.1, 0.15) is 37.4 Å². The smallest absolute Gasteiger partial charge is 0.147 e. The molecule has 0 spiro atoms. The Morgan fingerprint density at radius 2 is 1.81 bits per heavy atom. The Kier molecular flexibility index (Phi) is 6.09. The largest absolute Gasteiger partial charge is 0.490 e. The first-order chi connectivity index (χ1) is 12.6. The molecule has 6 nitrogen and oxygen atoms in total. The van der Waals surface area contributed by atoms with Gasteiger partial charge in [-0.05, 0) is 30.7 Å². The van der Waals surface area contributed by atoms with Gasteiger partial charge in [-0.15, -0.1) is 10.2 Å². The highest BCUT2D eigenvalue weighted by Crippen LogP contribution is 2.31. The van der Waals surface area contributed by atoms with Crippen LogP contribution >= 0.6 is 23.2 Å². The number of aromatic nitrogens is 3. The number of hydrogen-bond donors (Lipinski definition) is 0. The van der Waals surface area contributed by atoms with Crippen LogP contribution in [0.25, 0.3) is 0 Å². The average Bonchev–Trinajstić information content (AvgIpc) is 3.13. The van der Waals surface area contributed by atoms with Crippen molar-refractivity contribution in [3.8, 4) is 11.5 Å². The zero-order valence-electron chi connectivity index (χ0n) is 14.0. The molecule has 0 atom stereocenters. The van der Waals surface area contributed by atoms with Crippen LogP contribution in [0.2, 0.25) is 10.0 Å². The monoisotopic (exact) mass is 390 g/mol. The van der Waals surface area contributed by atoms with Crippen LogP contribution in [-0.2, 0) is 0 Å². The summed E-state index contributed by atoms with van der Waals surface area (Å²) in [5, 5.41) is 12.5. The molecule has 0 N–H and O–H groups in total. The van der Waals surface area contributed by atoms with Gasteiger partial charge >= 0.3 is 0 Å². The van der Waals surface area contributed by atoms with Crippen LogP contribution in [0, 0.1) is 6.92 Å².